The molecule has 0 saturated carbocycles. The van der Waals surface area contributed by atoms with Gasteiger partial charge in [-0.05, 0) is 43.2 Å². The van der Waals surface area contributed by atoms with Crippen LogP contribution in [0.15, 0.2) is 48.0 Å². The predicted octanol–water partition coefficient (Wildman–Crippen LogP) is 4.50. The summed E-state index contributed by atoms with van der Waals surface area (Å²) in [5, 5.41) is 12.5. The molecule has 0 aliphatic carbocycles. The summed E-state index contributed by atoms with van der Waals surface area (Å²) in [4.78, 5) is 24.2. The number of amides is 1. The number of aromatic nitrogens is 3. The fourth-order valence-corrected chi connectivity index (χ4v) is 5.50. The molecular formula is C24H26N4O2S. The molecule has 2 unspecified atom stereocenters. The van der Waals surface area contributed by atoms with Gasteiger partial charge in [-0.2, -0.15) is 0 Å². The first-order valence-electron chi connectivity index (χ1n) is 10.9. The van der Waals surface area contributed by atoms with Crippen LogP contribution in [0, 0.1) is 0 Å². The number of rotatable bonds is 5. The quantitative estimate of drug-likeness (QED) is 0.502. The predicted molar refractivity (Wildman–Crippen MR) is 123 cm³/mol. The Labute approximate surface area is 185 Å². The summed E-state index contributed by atoms with van der Waals surface area (Å²) in [6.45, 7) is 3.19. The fourth-order valence-electron chi connectivity index (χ4n) is 4.61. The van der Waals surface area contributed by atoms with Crippen molar-refractivity contribution in [1.29, 1.82) is 0 Å². The van der Waals surface area contributed by atoms with Crippen molar-refractivity contribution in [3.05, 3.63) is 59.4 Å². The van der Waals surface area contributed by atoms with Gasteiger partial charge >= 0.3 is 0 Å². The summed E-state index contributed by atoms with van der Waals surface area (Å²) in [7, 11) is 0. The molecular weight excluding hydrogens is 408 g/mol. The topological polar surface area (TPSA) is 71.2 Å². The summed E-state index contributed by atoms with van der Waals surface area (Å²) < 4.78 is 3.27. The molecule has 1 fully saturated rings. The van der Waals surface area contributed by atoms with Crippen molar-refractivity contribution in [3.63, 3.8) is 0 Å². The lowest BCUT2D eigenvalue weighted by Crippen LogP contribution is -2.41. The number of aliphatic hydroxyl groups excluding tert-OH is 1. The second-order valence-corrected chi connectivity index (χ2v) is 9.18. The number of thiophene rings is 1. The maximum atomic E-state index is 13.0. The van der Waals surface area contributed by atoms with Crippen molar-refractivity contribution in [2.24, 2.45) is 0 Å². The number of hydrogen-bond acceptors (Lipinski definition) is 5. The lowest BCUT2D eigenvalue weighted by Gasteiger charge is -2.35. The van der Waals surface area contributed by atoms with Crippen LogP contribution in [0.5, 0.6) is 0 Å². The minimum atomic E-state index is -0.688. The van der Waals surface area contributed by atoms with E-state index in [2.05, 4.69) is 21.7 Å². The van der Waals surface area contributed by atoms with E-state index in [1.807, 2.05) is 34.5 Å². The molecule has 4 heterocycles. The summed E-state index contributed by atoms with van der Waals surface area (Å²) >= 11 is 1.65. The van der Waals surface area contributed by atoms with Crippen LogP contribution in [0.2, 0.25) is 0 Å². The highest BCUT2D eigenvalue weighted by Gasteiger charge is 2.29. The number of carbonyl (C=O) groups is 1. The van der Waals surface area contributed by atoms with Crippen LogP contribution in [0.3, 0.4) is 0 Å². The Balaban J connectivity index is 1.44. The van der Waals surface area contributed by atoms with E-state index in [1.54, 1.807) is 24.5 Å². The molecule has 0 spiro atoms. The molecule has 3 aromatic heterocycles. The van der Waals surface area contributed by atoms with Gasteiger partial charge in [0.25, 0.3) is 0 Å². The van der Waals surface area contributed by atoms with Gasteiger partial charge in [0, 0.05) is 19.5 Å². The van der Waals surface area contributed by atoms with Crippen molar-refractivity contribution in [1.82, 2.24) is 19.4 Å². The van der Waals surface area contributed by atoms with Crippen molar-refractivity contribution in [2.75, 3.05) is 13.1 Å². The van der Waals surface area contributed by atoms with Crippen LogP contribution in [0.25, 0.3) is 21.3 Å². The van der Waals surface area contributed by atoms with Crippen molar-refractivity contribution in [2.45, 2.75) is 44.8 Å². The molecule has 1 aliphatic heterocycles. The van der Waals surface area contributed by atoms with E-state index < -0.39 is 6.10 Å². The molecule has 160 valence electrons. The third kappa shape index (κ3) is 3.83. The Bertz CT molecular complexity index is 1210. The molecule has 6 nitrogen and oxygen atoms in total. The summed E-state index contributed by atoms with van der Waals surface area (Å²) in [5.41, 5.74) is 3.97. The highest BCUT2D eigenvalue weighted by Crippen LogP contribution is 2.35. The van der Waals surface area contributed by atoms with Crippen LogP contribution in [0.4, 0.5) is 0 Å². The molecule has 0 radical (unpaired) electrons. The molecule has 1 aliphatic rings. The Morgan fingerprint density at radius 2 is 2.10 bits per heavy atom. The number of carbonyl (C=O) groups excluding carboxylic acids is 1. The average molecular weight is 435 g/mol. The zero-order chi connectivity index (χ0) is 21.4. The maximum absolute atomic E-state index is 13.0. The summed E-state index contributed by atoms with van der Waals surface area (Å²) in [6, 6.07) is 12.3. The lowest BCUT2D eigenvalue weighted by molar-refractivity contribution is -0.132. The second-order valence-electron chi connectivity index (χ2n) is 8.26. The normalized spacial score (nSPS) is 18.0. The number of hydrogen-bond donors (Lipinski definition) is 1. The van der Waals surface area contributed by atoms with Crippen LogP contribution in [-0.2, 0) is 11.2 Å². The van der Waals surface area contributed by atoms with E-state index in [-0.39, 0.29) is 11.9 Å². The largest absolute Gasteiger partial charge is 0.385 e. The Morgan fingerprint density at radius 1 is 1.26 bits per heavy atom. The van der Waals surface area contributed by atoms with Gasteiger partial charge in [-0.3, -0.25) is 9.78 Å². The Kier molecular flexibility index (Phi) is 5.46. The van der Waals surface area contributed by atoms with E-state index in [4.69, 9.17) is 4.98 Å². The van der Waals surface area contributed by atoms with Gasteiger partial charge in [-0.1, -0.05) is 30.3 Å². The lowest BCUT2D eigenvalue weighted by atomic mass is 10.0. The molecule has 0 bridgehead atoms. The number of pyridine rings is 1. The number of nitrogens with zero attached hydrogens (tertiary/aromatic N) is 4. The van der Waals surface area contributed by atoms with Crippen LogP contribution >= 0.6 is 11.3 Å². The number of aryl methyl sites for hydroxylation is 1. The van der Waals surface area contributed by atoms with E-state index in [9.17, 15) is 9.90 Å². The highest BCUT2D eigenvalue weighted by atomic mass is 32.1. The molecule has 2 atom stereocenters. The number of imidazole rings is 1. The molecule has 5 rings (SSSR count). The second kappa shape index (κ2) is 8.40. The molecule has 1 aromatic carbocycles. The number of piperidine rings is 1. The number of likely N-dealkylation sites (tertiary alicyclic amines) is 1. The summed E-state index contributed by atoms with van der Waals surface area (Å²) in [5.74, 6) is 0.848. The molecule has 1 saturated heterocycles. The Morgan fingerprint density at radius 3 is 2.90 bits per heavy atom. The van der Waals surface area contributed by atoms with E-state index in [1.165, 1.54) is 5.56 Å². The molecule has 4 aromatic rings. The van der Waals surface area contributed by atoms with Crippen LogP contribution in [0.1, 0.15) is 49.7 Å². The minimum Gasteiger partial charge on any atom is -0.385 e. The molecule has 7 heteroatoms. The van der Waals surface area contributed by atoms with Gasteiger partial charge < -0.3 is 14.6 Å². The first-order chi connectivity index (χ1) is 15.1. The number of fused-ring (bicyclic) bond motifs is 3. The van der Waals surface area contributed by atoms with Gasteiger partial charge in [-0.25, -0.2) is 4.98 Å². The van der Waals surface area contributed by atoms with E-state index >= 15 is 0 Å². The maximum Gasteiger partial charge on any atom is 0.222 e. The van der Waals surface area contributed by atoms with E-state index in [0.717, 1.165) is 47.1 Å². The van der Waals surface area contributed by atoms with Gasteiger partial charge in [0.2, 0.25) is 5.91 Å². The minimum absolute atomic E-state index is 0.0942. The fraction of sp³-hybridized carbons (Fsp3) is 0.375. The Hall–Kier alpha value is -2.77. The first-order valence-corrected chi connectivity index (χ1v) is 11.7. The van der Waals surface area contributed by atoms with Gasteiger partial charge in [0.05, 0.1) is 28.0 Å². The highest BCUT2D eigenvalue weighted by molar-refractivity contribution is 7.18. The standard InChI is InChI=1S/C24H26N4O2S/c1-16(29)24-26-20-14-25-19-11-13-31-23(19)22(20)28(24)18-8-5-12-27(15-18)21(30)10-9-17-6-3-2-4-7-17/h2-4,6-7,11,13-14,16,18,29H,5,8-10,12,15H2,1H3. The monoisotopic (exact) mass is 434 g/mol. The first kappa shape index (κ1) is 20.2. The molecule has 1 N–H and O–H groups in total. The number of benzene rings is 1. The van der Waals surface area contributed by atoms with Crippen LogP contribution < -0.4 is 0 Å². The molecule has 1 amide bonds. The zero-order valence-electron chi connectivity index (χ0n) is 17.6. The average Bonchev–Trinajstić information content (AvgIpc) is 3.42. The SMILES string of the molecule is CC(O)c1nc2cnc3ccsc3c2n1C1CCCN(C(=O)CCc2ccccc2)C1. The van der Waals surface area contributed by atoms with Crippen molar-refractivity contribution < 1.29 is 9.90 Å². The van der Waals surface area contributed by atoms with Crippen molar-refractivity contribution >= 4 is 38.5 Å². The van der Waals surface area contributed by atoms with Gasteiger partial charge in [-0.15, -0.1) is 11.3 Å². The van der Waals surface area contributed by atoms with E-state index in [0.29, 0.717) is 18.8 Å². The van der Waals surface area contributed by atoms with Gasteiger partial charge in [0.1, 0.15) is 17.4 Å². The molecule has 31 heavy (non-hydrogen) atoms. The summed E-state index contributed by atoms with van der Waals surface area (Å²) in [6.07, 6.45) is 4.28. The van der Waals surface area contributed by atoms with Crippen molar-refractivity contribution in [3.8, 4) is 0 Å². The third-order valence-electron chi connectivity index (χ3n) is 6.11. The number of aliphatic hydroxyl groups is 1. The van der Waals surface area contributed by atoms with Gasteiger partial charge in [0.15, 0.2) is 0 Å². The zero-order valence-corrected chi connectivity index (χ0v) is 18.4. The van der Waals surface area contributed by atoms with Crippen LogP contribution in [-0.4, -0.2) is 43.5 Å². The smallest absolute Gasteiger partial charge is 0.222 e. The third-order valence-corrected chi connectivity index (χ3v) is 7.02.